The van der Waals surface area contributed by atoms with Crippen molar-refractivity contribution in [1.29, 1.82) is 0 Å². The van der Waals surface area contributed by atoms with Gasteiger partial charge in [-0.15, -0.1) is 5.10 Å². The molecule has 2 aromatic heterocycles. The van der Waals surface area contributed by atoms with Crippen LogP contribution in [0.3, 0.4) is 0 Å². The number of methoxy groups -OCH3 is 1. The summed E-state index contributed by atoms with van der Waals surface area (Å²) >= 11 is 0. The largest absolute Gasteiger partial charge is 0.496 e. The van der Waals surface area contributed by atoms with E-state index in [9.17, 15) is 18.0 Å². The number of benzene rings is 2. The molecule has 0 spiro atoms. The van der Waals surface area contributed by atoms with Crippen molar-refractivity contribution < 1.29 is 22.7 Å². The number of nitrogens with zero attached hydrogens (tertiary/aromatic N) is 5. The average molecular weight is 498 g/mol. The third kappa shape index (κ3) is 5.68. The van der Waals surface area contributed by atoms with Crippen molar-refractivity contribution in [3.05, 3.63) is 60.3 Å². The van der Waals surface area contributed by atoms with Gasteiger partial charge in [-0.2, -0.15) is 18.2 Å². The fraction of sp³-hybridized carbons (Fsp3) is 0.174. The topological polar surface area (TPSA) is 133 Å². The Morgan fingerprint density at radius 3 is 2.47 bits per heavy atom. The highest BCUT2D eigenvalue weighted by atomic mass is 19.4. The second-order valence-electron chi connectivity index (χ2n) is 7.60. The van der Waals surface area contributed by atoms with Crippen LogP contribution in [0.5, 0.6) is 5.75 Å². The van der Waals surface area contributed by atoms with Crippen LogP contribution in [-0.2, 0) is 7.05 Å². The molecule has 4 rings (SSSR count). The first-order chi connectivity index (χ1) is 17.1. The van der Waals surface area contributed by atoms with Crippen molar-refractivity contribution in [2.75, 3.05) is 24.7 Å². The Labute approximate surface area is 203 Å². The molecule has 1 amide bonds. The number of hydrogen-bond donors (Lipinski definition) is 3. The molecule has 0 aliphatic carbocycles. The number of aryl methyl sites for hydroxylation is 1. The van der Waals surface area contributed by atoms with E-state index in [-0.39, 0.29) is 17.3 Å². The minimum atomic E-state index is -4.52. The number of halogens is 3. The summed E-state index contributed by atoms with van der Waals surface area (Å²) in [5.74, 6) is 0.145. The number of anilines is 3. The van der Waals surface area contributed by atoms with Crippen LogP contribution in [0.25, 0.3) is 22.6 Å². The standard InChI is InChI=1S/C23H21F3N8O2/c1-34-22(30-15-6-3-13(4-7-15)17-9-10-28-21(27)31-17)32-19(33-34)14-5-8-16(18(11-14)36-2)20(35)29-12-23(24,25)26/h3-11H,12H2,1-2H3,(H,29,35)(H2,27,28,31)(H,30,32,33). The summed E-state index contributed by atoms with van der Waals surface area (Å²) in [6, 6.07) is 13.6. The third-order valence-corrected chi connectivity index (χ3v) is 5.03. The molecule has 0 radical (unpaired) electrons. The van der Waals surface area contributed by atoms with Crippen molar-refractivity contribution in [3.8, 4) is 28.4 Å². The number of carbonyl (C=O) groups excluding carboxylic acids is 1. The van der Waals surface area contributed by atoms with E-state index in [1.165, 1.54) is 30.0 Å². The van der Waals surface area contributed by atoms with E-state index in [2.05, 4.69) is 25.4 Å². The smallest absolute Gasteiger partial charge is 0.405 e. The molecule has 0 aliphatic rings. The van der Waals surface area contributed by atoms with E-state index in [4.69, 9.17) is 10.5 Å². The summed E-state index contributed by atoms with van der Waals surface area (Å²) in [5.41, 5.74) is 8.42. The zero-order valence-corrected chi connectivity index (χ0v) is 19.2. The Morgan fingerprint density at radius 1 is 1.08 bits per heavy atom. The zero-order valence-electron chi connectivity index (χ0n) is 19.2. The number of alkyl halides is 3. The SMILES string of the molecule is COc1cc(-c2nc(Nc3ccc(-c4ccnc(N)n4)cc3)n(C)n2)ccc1C(=O)NCC(F)(F)F. The molecule has 0 bridgehead atoms. The predicted molar refractivity (Wildman–Crippen MR) is 127 cm³/mol. The molecule has 4 aromatic rings. The van der Waals surface area contributed by atoms with Crippen LogP contribution >= 0.6 is 0 Å². The van der Waals surface area contributed by atoms with Gasteiger partial charge in [0.05, 0.1) is 18.4 Å². The van der Waals surface area contributed by atoms with E-state index in [1.54, 1.807) is 19.3 Å². The highest BCUT2D eigenvalue weighted by Gasteiger charge is 2.28. The maximum absolute atomic E-state index is 12.4. The first-order valence-corrected chi connectivity index (χ1v) is 10.5. The van der Waals surface area contributed by atoms with Gasteiger partial charge in [-0.3, -0.25) is 4.79 Å². The van der Waals surface area contributed by atoms with Gasteiger partial charge in [-0.25, -0.2) is 14.6 Å². The molecule has 13 heteroatoms. The summed E-state index contributed by atoms with van der Waals surface area (Å²) < 4.78 is 44.0. The minimum Gasteiger partial charge on any atom is -0.496 e. The van der Waals surface area contributed by atoms with Gasteiger partial charge in [0.2, 0.25) is 11.9 Å². The van der Waals surface area contributed by atoms with Gasteiger partial charge in [-0.1, -0.05) is 18.2 Å². The molecule has 0 aliphatic heterocycles. The number of hydrogen-bond acceptors (Lipinski definition) is 8. The number of nitrogens with two attached hydrogens (primary N) is 1. The normalized spacial score (nSPS) is 11.2. The van der Waals surface area contributed by atoms with Crippen molar-refractivity contribution in [2.24, 2.45) is 7.05 Å². The molecule has 2 heterocycles. The molecule has 36 heavy (non-hydrogen) atoms. The number of rotatable bonds is 7. The summed E-state index contributed by atoms with van der Waals surface area (Å²) in [6.45, 7) is -1.44. The number of carbonyl (C=O) groups is 1. The molecule has 0 saturated carbocycles. The highest BCUT2D eigenvalue weighted by molar-refractivity contribution is 5.97. The fourth-order valence-corrected chi connectivity index (χ4v) is 3.30. The fourth-order valence-electron chi connectivity index (χ4n) is 3.30. The molecule has 0 atom stereocenters. The van der Waals surface area contributed by atoms with E-state index in [0.717, 1.165) is 11.3 Å². The Kier molecular flexibility index (Phi) is 6.72. The lowest BCUT2D eigenvalue weighted by Gasteiger charge is -2.11. The molecule has 2 aromatic carbocycles. The Bertz CT molecular complexity index is 1390. The van der Waals surface area contributed by atoms with Crippen LogP contribution < -0.4 is 21.1 Å². The van der Waals surface area contributed by atoms with Crippen LogP contribution in [0.4, 0.5) is 30.8 Å². The van der Waals surface area contributed by atoms with Crippen LogP contribution in [0.1, 0.15) is 10.4 Å². The van der Waals surface area contributed by atoms with Gasteiger partial charge in [0.1, 0.15) is 12.3 Å². The molecular weight excluding hydrogens is 477 g/mol. The maximum atomic E-state index is 12.4. The molecule has 0 unspecified atom stereocenters. The van der Waals surface area contributed by atoms with Crippen molar-refractivity contribution in [2.45, 2.75) is 6.18 Å². The Balaban J connectivity index is 1.51. The van der Waals surface area contributed by atoms with E-state index < -0.39 is 18.6 Å². The van der Waals surface area contributed by atoms with Crippen LogP contribution in [0.2, 0.25) is 0 Å². The quantitative estimate of drug-likeness (QED) is 0.352. The lowest BCUT2D eigenvalue weighted by molar-refractivity contribution is -0.123. The first kappa shape index (κ1) is 24.4. The number of amides is 1. The second kappa shape index (κ2) is 9.90. The van der Waals surface area contributed by atoms with Crippen LogP contribution in [-0.4, -0.2) is 50.5 Å². The van der Waals surface area contributed by atoms with E-state index >= 15 is 0 Å². The van der Waals surface area contributed by atoms with Crippen molar-refractivity contribution in [3.63, 3.8) is 0 Å². The Morgan fingerprint density at radius 2 is 1.81 bits per heavy atom. The van der Waals surface area contributed by atoms with Crippen LogP contribution in [0, 0.1) is 0 Å². The van der Waals surface area contributed by atoms with Crippen LogP contribution in [0.15, 0.2) is 54.7 Å². The average Bonchev–Trinajstić information content (AvgIpc) is 3.22. The summed E-state index contributed by atoms with van der Waals surface area (Å²) in [6.07, 6.45) is -2.93. The first-order valence-electron chi connectivity index (χ1n) is 10.5. The second-order valence-corrected chi connectivity index (χ2v) is 7.60. The molecule has 0 saturated heterocycles. The van der Waals surface area contributed by atoms with E-state index in [0.29, 0.717) is 23.0 Å². The van der Waals surface area contributed by atoms with Gasteiger partial charge in [0, 0.05) is 30.1 Å². The van der Waals surface area contributed by atoms with E-state index in [1.807, 2.05) is 29.6 Å². The number of ether oxygens (including phenoxy) is 1. The molecular formula is C23H21F3N8O2. The van der Waals surface area contributed by atoms with Gasteiger partial charge in [0.15, 0.2) is 5.82 Å². The number of nitrogens with one attached hydrogen (secondary N) is 2. The molecule has 4 N–H and O–H groups in total. The highest BCUT2D eigenvalue weighted by Crippen LogP contribution is 2.28. The van der Waals surface area contributed by atoms with Gasteiger partial charge < -0.3 is 21.1 Å². The minimum absolute atomic E-state index is 0.0367. The van der Waals surface area contributed by atoms with Gasteiger partial charge in [0.25, 0.3) is 5.91 Å². The van der Waals surface area contributed by atoms with Gasteiger partial charge in [-0.05, 0) is 30.3 Å². The van der Waals surface area contributed by atoms with Crippen molar-refractivity contribution >= 4 is 23.5 Å². The molecule has 10 nitrogen and oxygen atoms in total. The zero-order chi connectivity index (χ0) is 25.9. The summed E-state index contributed by atoms with van der Waals surface area (Å²) in [5, 5.41) is 9.38. The number of aromatic nitrogens is 5. The number of nitrogen functional groups attached to an aromatic ring is 1. The maximum Gasteiger partial charge on any atom is 0.405 e. The monoisotopic (exact) mass is 498 g/mol. The van der Waals surface area contributed by atoms with Gasteiger partial charge >= 0.3 is 6.18 Å². The third-order valence-electron chi connectivity index (χ3n) is 5.03. The lowest BCUT2D eigenvalue weighted by atomic mass is 10.1. The predicted octanol–water partition coefficient (Wildman–Crippen LogP) is 3.57. The molecule has 186 valence electrons. The summed E-state index contributed by atoms with van der Waals surface area (Å²) in [7, 11) is 3.02. The van der Waals surface area contributed by atoms with Crippen molar-refractivity contribution in [1.82, 2.24) is 30.0 Å². The Hall–Kier alpha value is -4.68. The lowest BCUT2D eigenvalue weighted by Crippen LogP contribution is -2.33. The summed E-state index contributed by atoms with van der Waals surface area (Å²) in [4.78, 5) is 24.7. The molecule has 0 fully saturated rings.